The average molecular weight is 368 g/mol. The number of amidine groups is 1. The van der Waals surface area contributed by atoms with E-state index in [1.807, 2.05) is 19.9 Å². The number of nitrogens with zero attached hydrogens (tertiary/aromatic N) is 1. The summed E-state index contributed by atoms with van der Waals surface area (Å²) in [6.07, 6.45) is 0. The lowest BCUT2D eigenvalue weighted by molar-refractivity contribution is 0.103. The molecule has 1 heterocycles. The molecule has 0 bridgehead atoms. The number of carbonyl (C=O) groups is 1. The lowest BCUT2D eigenvalue weighted by Crippen LogP contribution is -2.18. The zero-order chi connectivity index (χ0) is 15.6. The SMILES string of the molecule is Cc1cc(C(=O)Nc2cc(Br)ccc2/C(N)=N/O)sc1C. The molecule has 0 radical (unpaired) electrons. The Morgan fingerprint density at radius 3 is 2.67 bits per heavy atom. The number of hydrogen-bond donors (Lipinski definition) is 3. The lowest BCUT2D eigenvalue weighted by Gasteiger charge is -2.10. The third-order valence-corrected chi connectivity index (χ3v) is 4.65. The van der Waals surface area contributed by atoms with E-state index in [9.17, 15) is 4.79 Å². The highest BCUT2D eigenvalue weighted by Crippen LogP contribution is 2.25. The van der Waals surface area contributed by atoms with Crippen molar-refractivity contribution in [3.05, 3.63) is 49.6 Å². The molecular formula is C14H14BrN3O2S. The molecule has 0 saturated heterocycles. The zero-order valence-corrected chi connectivity index (χ0v) is 13.9. The molecule has 110 valence electrons. The van der Waals surface area contributed by atoms with Gasteiger partial charge < -0.3 is 16.3 Å². The molecule has 0 atom stereocenters. The van der Waals surface area contributed by atoms with Crippen LogP contribution < -0.4 is 11.1 Å². The molecule has 0 spiro atoms. The van der Waals surface area contributed by atoms with Gasteiger partial charge in [0.05, 0.1) is 10.6 Å². The molecule has 2 aromatic rings. The van der Waals surface area contributed by atoms with Gasteiger partial charge in [0.25, 0.3) is 5.91 Å². The van der Waals surface area contributed by atoms with Gasteiger partial charge >= 0.3 is 0 Å². The maximum Gasteiger partial charge on any atom is 0.265 e. The van der Waals surface area contributed by atoms with Crippen LogP contribution in [0.5, 0.6) is 0 Å². The van der Waals surface area contributed by atoms with Gasteiger partial charge in [-0.25, -0.2) is 0 Å². The van der Waals surface area contributed by atoms with Gasteiger partial charge in [0.2, 0.25) is 0 Å². The summed E-state index contributed by atoms with van der Waals surface area (Å²) in [5.41, 5.74) is 7.64. The Hall–Kier alpha value is -1.86. The first-order chi connectivity index (χ1) is 9.92. The van der Waals surface area contributed by atoms with Crippen LogP contribution in [0.2, 0.25) is 0 Å². The first-order valence-electron chi connectivity index (χ1n) is 6.08. The van der Waals surface area contributed by atoms with Crippen LogP contribution in [0.4, 0.5) is 5.69 Å². The van der Waals surface area contributed by atoms with Crippen molar-refractivity contribution in [3.63, 3.8) is 0 Å². The zero-order valence-electron chi connectivity index (χ0n) is 11.5. The first-order valence-corrected chi connectivity index (χ1v) is 7.69. The number of halogens is 1. The number of nitrogens with two attached hydrogens (primary N) is 1. The smallest absolute Gasteiger partial charge is 0.265 e. The van der Waals surface area contributed by atoms with E-state index in [2.05, 4.69) is 26.4 Å². The number of anilines is 1. The summed E-state index contributed by atoms with van der Waals surface area (Å²) in [5, 5.41) is 14.6. The summed E-state index contributed by atoms with van der Waals surface area (Å²) >= 11 is 4.77. The number of aryl methyl sites for hydroxylation is 2. The van der Waals surface area contributed by atoms with Gasteiger partial charge in [-0.05, 0) is 43.7 Å². The molecule has 0 unspecified atom stereocenters. The third-order valence-electron chi connectivity index (χ3n) is 3.00. The maximum absolute atomic E-state index is 12.3. The molecular weight excluding hydrogens is 354 g/mol. The number of hydrogen-bond acceptors (Lipinski definition) is 4. The summed E-state index contributed by atoms with van der Waals surface area (Å²) in [4.78, 5) is 14.0. The fourth-order valence-corrected chi connectivity index (χ4v) is 3.06. The van der Waals surface area contributed by atoms with Crippen molar-refractivity contribution in [1.29, 1.82) is 0 Å². The predicted molar refractivity (Wildman–Crippen MR) is 88.4 cm³/mol. The van der Waals surface area contributed by atoms with Crippen LogP contribution in [0.15, 0.2) is 33.9 Å². The van der Waals surface area contributed by atoms with Gasteiger partial charge in [-0.2, -0.15) is 0 Å². The summed E-state index contributed by atoms with van der Waals surface area (Å²) < 4.78 is 0.783. The summed E-state index contributed by atoms with van der Waals surface area (Å²) in [7, 11) is 0. The number of oxime groups is 1. The van der Waals surface area contributed by atoms with E-state index in [0.717, 1.165) is 14.9 Å². The minimum absolute atomic E-state index is 0.0589. The molecule has 5 nitrogen and oxygen atoms in total. The van der Waals surface area contributed by atoms with E-state index in [0.29, 0.717) is 16.1 Å². The molecule has 2 rings (SSSR count). The largest absolute Gasteiger partial charge is 0.409 e. The van der Waals surface area contributed by atoms with Gasteiger partial charge in [0, 0.05) is 14.9 Å². The molecule has 0 saturated carbocycles. The van der Waals surface area contributed by atoms with E-state index in [4.69, 9.17) is 10.9 Å². The minimum atomic E-state index is -0.221. The highest BCUT2D eigenvalue weighted by Gasteiger charge is 2.14. The number of rotatable bonds is 3. The van der Waals surface area contributed by atoms with Gasteiger partial charge in [0.1, 0.15) is 0 Å². The highest BCUT2D eigenvalue weighted by molar-refractivity contribution is 9.10. The average Bonchev–Trinajstić information content (AvgIpc) is 2.78. The number of carbonyl (C=O) groups excluding carboxylic acids is 1. The molecule has 4 N–H and O–H groups in total. The second-order valence-electron chi connectivity index (χ2n) is 4.48. The number of amides is 1. The predicted octanol–water partition coefficient (Wildman–Crippen LogP) is 3.47. The van der Waals surface area contributed by atoms with Crippen molar-refractivity contribution in [2.45, 2.75) is 13.8 Å². The molecule has 1 amide bonds. The van der Waals surface area contributed by atoms with E-state index in [1.54, 1.807) is 18.2 Å². The van der Waals surface area contributed by atoms with E-state index < -0.39 is 0 Å². The molecule has 0 fully saturated rings. The normalized spacial score (nSPS) is 11.5. The summed E-state index contributed by atoms with van der Waals surface area (Å²) in [6.45, 7) is 3.93. The van der Waals surface area contributed by atoms with Crippen LogP contribution in [0.1, 0.15) is 25.7 Å². The molecule has 1 aromatic carbocycles. The Morgan fingerprint density at radius 1 is 1.38 bits per heavy atom. The van der Waals surface area contributed by atoms with Crippen LogP contribution in [0.25, 0.3) is 0 Å². The maximum atomic E-state index is 12.3. The number of nitrogens with one attached hydrogen (secondary N) is 1. The topological polar surface area (TPSA) is 87.7 Å². The Morgan fingerprint density at radius 2 is 2.10 bits per heavy atom. The fourth-order valence-electron chi connectivity index (χ4n) is 1.77. The Balaban J connectivity index is 2.34. The molecule has 7 heteroatoms. The van der Waals surface area contributed by atoms with Crippen molar-refractivity contribution in [2.75, 3.05) is 5.32 Å². The van der Waals surface area contributed by atoms with Gasteiger partial charge in [-0.15, -0.1) is 11.3 Å². The Kier molecular flexibility index (Phi) is 4.64. The standard InChI is InChI=1S/C14H14BrN3O2S/c1-7-5-12(21-8(7)2)14(19)17-11-6-9(15)3-4-10(11)13(16)18-20/h3-6,20H,1-2H3,(H2,16,18)(H,17,19). The molecule has 0 aliphatic heterocycles. The monoisotopic (exact) mass is 367 g/mol. The van der Waals surface area contributed by atoms with Crippen molar-refractivity contribution in [1.82, 2.24) is 0 Å². The Bertz CT molecular complexity index is 706. The molecule has 0 aliphatic rings. The fraction of sp³-hybridized carbons (Fsp3) is 0.143. The van der Waals surface area contributed by atoms with Gasteiger partial charge in [-0.1, -0.05) is 21.1 Å². The van der Waals surface area contributed by atoms with E-state index in [1.165, 1.54) is 11.3 Å². The number of benzene rings is 1. The number of thiophene rings is 1. The summed E-state index contributed by atoms with van der Waals surface area (Å²) in [5.74, 6) is -0.280. The molecule has 1 aromatic heterocycles. The van der Waals surface area contributed by atoms with Crippen LogP contribution in [0, 0.1) is 13.8 Å². The Labute approximate surface area is 134 Å². The van der Waals surface area contributed by atoms with Crippen LogP contribution in [-0.2, 0) is 0 Å². The van der Waals surface area contributed by atoms with Gasteiger partial charge in [0.15, 0.2) is 5.84 Å². The quantitative estimate of drug-likeness (QED) is 0.336. The highest BCUT2D eigenvalue weighted by atomic mass is 79.9. The van der Waals surface area contributed by atoms with Crippen LogP contribution >= 0.6 is 27.3 Å². The van der Waals surface area contributed by atoms with Crippen molar-refractivity contribution in [2.24, 2.45) is 10.9 Å². The second kappa shape index (κ2) is 6.28. The third kappa shape index (κ3) is 3.43. The van der Waals surface area contributed by atoms with Crippen LogP contribution in [-0.4, -0.2) is 17.0 Å². The molecule has 0 aliphatic carbocycles. The first kappa shape index (κ1) is 15.5. The van der Waals surface area contributed by atoms with Crippen molar-refractivity contribution < 1.29 is 10.0 Å². The second-order valence-corrected chi connectivity index (χ2v) is 6.65. The van der Waals surface area contributed by atoms with Crippen molar-refractivity contribution >= 4 is 44.7 Å². The summed E-state index contributed by atoms with van der Waals surface area (Å²) in [6, 6.07) is 6.97. The van der Waals surface area contributed by atoms with Gasteiger partial charge in [-0.3, -0.25) is 4.79 Å². The molecule has 21 heavy (non-hydrogen) atoms. The van der Waals surface area contributed by atoms with Crippen LogP contribution in [0.3, 0.4) is 0 Å². The minimum Gasteiger partial charge on any atom is -0.409 e. The van der Waals surface area contributed by atoms with E-state index >= 15 is 0 Å². The van der Waals surface area contributed by atoms with Crippen molar-refractivity contribution in [3.8, 4) is 0 Å². The van der Waals surface area contributed by atoms with E-state index in [-0.39, 0.29) is 11.7 Å². The lowest BCUT2D eigenvalue weighted by atomic mass is 10.1.